The van der Waals surface area contributed by atoms with E-state index in [1.54, 1.807) is 12.1 Å². The molecule has 0 aromatic heterocycles. The van der Waals surface area contributed by atoms with Crippen LogP contribution in [0.5, 0.6) is 0 Å². The van der Waals surface area contributed by atoms with E-state index < -0.39 is 7.12 Å². The maximum absolute atomic E-state index is 13.2. The lowest BCUT2D eigenvalue weighted by Gasteiger charge is -2.32. The molecule has 0 radical (unpaired) electrons. The fraction of sp³-hybridized carbons (Fsp3) is 0.500. The molecule has 5 heteroatoms. The summed E-state index contributed by atoms with van der Waals surface area (Å²) in [6.07, 6.45) is 0. The van der Waals surface area contributed by atoms with Gasteiger partial charge < -0.3 is 9.31 Å². The van der Waals surface area contributed by atoms with E-state index in [1.165, 1.54) is 6.07 Å². The molecular formula is C12H15BBrFO2. The summed E-state index contributed by atoms with van der Waals surface area (Å²) in [5, 5.41) is 0. The Morgan fingerprint density at radius 1 is 1.12 bits per heavy atom. The van der Waals surface area contributed by atoms with Crippen LogP contribution >= 0.6 is 15.9 Å². The lowest BCUT2D eigenvalue weighted by atomic mass is 9.79. The van der Waals surface area contributed by atoms with Gasteiger partial charge in [-0.15, -0.1) is 0 Å². The van der Waals surface area contributed by atoms with Crippen LogP contribution in [0, 0.1) is 5.82 Å². The van der Waals surface area contributed by atoms with Crippen molar-refractivity contribution in [1.82, 2.24) is 0 Å². The third-order valence-corrected chi connectivity index (χ3v) is 4.08. The summed E-state index contributed by atoms with van der Waals surface area (Å²) in [4.78, 5) is 0. The summed E-state index contributed by atoms with van der Waals surface area (Å²) in [6.45, 7) is 7.97. The van der Waals surface area contributed by atoms with E-state index >= 15 is 0 Å². The van der Waals surface area contributed by atoms with Gasteiger partial charge in [0, 0.05) is 0 Å². The molecule has 1 aromatic carbocycles. The molecule has 2 rings (SSSR count). The molecule has 0 spiro atoms. The van der Waals surface area contributed by atoms with Crippen LogP contribution in [0.1, 0.15) is 27.7 Å². The summed E-state index contributed by atoms with van der Waals surface area (Å²) in [5.41, 5.74) is 0.0637. The van der Waals surface area contributed by atoms with Crippen molar-refractivity contribution in [3.05, 3.63) is 28.5 Å². The molecule has 0 amide bonds. The first-order valence-corrected chi connectivity index (χ1v) is 6.33. The Bertz CT molecular complexity index is 432. The van der Waals surface area contributed by atoms with Crippen LogP contribution in [0.3, 0.4) is 0 Å². The fourth-order valence-electron chi connectivity index (χ4n) is 1.64. The van der Waals surface area contributed by atoms with E-state index in [4.69, 9.17) is 9.31 Å². The van der Waals surface area contributed by atoms with E-state index in [0.717, 1.165) is 5.46 Å². The largest absolute Gasteiger partial charge is 0.494 e. The Kier molecular flexibility index (Phi) is 3.13. The minimum Gasteiger partial charge on any atom is -0.399 e. The van der Waals surface area contributed by atoms with Gasteiger partial charge >= 0.3 is 7.12 Å². The summed E-state index contributed by atoms with van der Waals surface area (Å²) >= 11 is 3.16. The summed E-state index contributed by atoms with van der Waals surface area (Å²) < 4.78 is 25.3. The molecule has 1 fully saturated rings. The molecule has 1 saturated heterocycles. The number of benzene rings is 1. The Morgan fingerprint density at radius 2 is 1.65 bits per heavy atom. The van der Waals surface area contributed by atoms with E-state index in [0.29, 0.717) is 4.47 Å². The van der Waals surface area contributed by atoms with Gasteiger partial charge in [0.1, 0.15) is 5.82 Å². The molecule has 17 heavy (non-hydrogen) atoms. The molecule has 1 aliphatic rings. The molecule has 0 aliphatic carbocycles. The first kappa shape index (κ1) is 13.1. The van der Waals surface area contributed by atoms with Gasteiger partial charge in [0.05, 0.1) is 15.7 Å². The van der Waals surface area contributed by atoms with Crippen LogP contribution in [0.2, 0.25) is 0 Å². The Morgan fingerprint density at radius 3 is 2.12 bits per heavy atom. The predicted octanol–water partition coefficient (Wildman–Crippen LogP) is 2.89. The second kappa shape index (κ2) is 4.07. The molecular weight excluding hydrogens is 286 g/mol. The lowest BCUT2D eigenvalue weighted by Crippen LogP contribution is -2.41. The van der Waals surface area contributed by atoms with Crippen molar-refractivity contribution in [2.45, 2.75) is 38.9 Å². The van der Waals surface area contributed by atoms with Crippen LogP contribution < -0.4 is 5.46 Å². The summed E-state index contributed by atoms with van der Waals surface area (Å²) in [5.74, 6) is -0.287. The maximum Gasteiger partial charge on any atom is 0.494 e. The maximum atomic E-state index is 13.2. The molecule has 1 aliphatic heterocycles. The molecule has 0 N–H and O–H groups in total. The molecule has 1 aromatic rings. The third kappa shape index (κ3) is 2.28. The van der Waals surface area contributed by atoms with Gasteiger partial charge in [0.15, 0.2) is 0 Å². The minimum absolute atomic E-state index is 0.287. The number of hydrogen-bond donors (Lipinski definition) is 0. The average Bonchev–Trinajstić information content (AvgIpc) is 2.41. The first-order chi connectivity index (χ1) is 7.73. The molecule has 0 saturated carbocycles. The standard InChI is InChI=1S/C12H15BBrFO2/c1-11(2)12(3,4)17-13(16-11)8-5-6-10(15)9(14)7-8/h5-7H,1-4H3. The van der Waals surface area contributed by atoms with E-state index in [2.05, 4.69) is 15.9 Å². The number of halogens is 2. The highest BCUT2D eigenvalue weighted by molar-refractivity contribution is 9.10. The molecule has 0 atom stereocenters. The SMILES string of the molecule is CC1(C)OB(c2ccc(F)c(Br)c2)OC1(C)C. The molecule has 0 bridgehead atoms. The van der Waals surface area contributed by atoms with Gasteiger partial charge in [-0.2, -0.15) is 0 Å². The minimum atomic E-state index is -0.447. The van der Waals surface area contributed by atoms with Crippen LogP contribution in [0.15, 0.2) is 22.7 Å². The molecule has 2 nitrogen and oxygen atoms in total. The van der Waals surface area contributed by atoms with Gasteiger partial charge in [-0.3, -0.25) is 0 Å². The topological polar surface area (TPSA) is 18.5 Å². The Balaban J connectivity index is 2.29. The zero-order valence-electron chi connectivity index (χ0n) is 10.4. The van der Waals surface area contributed by atoms with E-state index in [9.17, 15) is 4.39 Å². The lowest BCUT2D eigenvalue weighted by molar-refractivity contribution is 0.00578. The van der Waals surface area contributed by atoms with Crippen LogP contribution in [-0.4, -0.2) is 18.3 Å². The zero-order valence-corrected chi connectivity index (χ0v) is 12.0. The predicted molar refractivity (Wildman–Crippen MR) is 69.8 cm³/mol. The quantitative estimate of drug-likeness (QED) is 0.743. The van der Waals surface area contributed by atoms with Crippen molar-refractivity contribution in [2.24, 2.45) is 0 Å². The Labute approximate surface area is 110 Å². The van der Waals surface area contributed by atoms with Gasteiger partial charge in [-0.25, -0.2) is 4.39 Å². The van der Waals surface area contributed by atoms with Crippen molar-refractivity contribution in [2.75, 3.05) is 0 Å². The normalized spacial score (nSPS) is 21.9. The van der Waals surface area contributed by atoms with Gasteiger partial charge in [-0.05, 0) is 61.2 Å². The van der Waals surface area contributed by atoms with Crippen molar-refractivity contribution in [3.8, 4) is 0 Å². The fourth-order valence-corrected chi connectivity index (χ4v) is 2.03. The van der Waals surface area contributed by atoms with Crippen molar-refractivity contribution >= 4 is 28.5 Å². The highest BCUT2D eigenvalue weighted by Gasteiger charge is 2.51. The highest BCUT2D eigenvalue weighted by Crippen LogP contribution is 2.36. The number of hydrogen-bond acceptors (Lipinski definition) is 2. The van der Waals surface area contributed by atoms with E-state index in [1.807, 2.05) is 27.7 Å². The average molecular weight is 301 g/mol. The summed E-state index contributed by atoms with van der Waals surface area (Å²) in [7, 11) is -0.447. The second-order valence-electron chi connectivity index (χ2n) is 5.26. The van der Waals surface area contributed by atoms with Gasteiger partial charge in [0.2, 0.25) is 0 Å². The molecule has 92 valence electrons. The zero-order chi connectivity index (χ0) is 12.8. The third-order valence-electron chi connectivity index (χ3n) is 3.47. The highest BCUT2D eigenvalue weighted by atomic mass is 79.9. The van der Waals surface area contributed by atoms with Crippen molar-refractivity contribution in [1.29, 1.82) is 0 Å². The van der Waals surface area contributed by atoms with E-state index in [-0.39, 0.29) is 17.0 Å². The van der Waals surface area contributed by atoms with Crippen molar-refractivity contribution in [3.63, 3.8) is 0 Å². The molecule has 1 heterocycles. The molecule has 0 unspecified atom stereocenters. The first-order valence-electron chi connectivity index (χ1n) is 5.53. The van der Waals surface area contributed by atoms with Crippen LogP contribution in [0.4, 0.5) is 4.39 Å². The monoisotopic (exact) mass is 300 g/mol. The van der Waals surface area contributed by atoms with Crippen molar-refractivity contribution < 1.29 is 13.7 Å². The van der Waals surface area contributed by atoms with Gasteiger partial charge in [-0.1, -0.05) is 6.07 Å². The second-order valence-corrected chi connectivity index (χ2v) is 6.12. The number of rotatable bonds is 1. The smallest absolute Gasteiger partial charge is 0.399 e. The summed E-state index contributed by atoms with van der Waals surface area (Å²) in [6, 6.07) is 4.78. The van der Waals surface area contributed by atoms with Crippen LogP contribution in [-0.2, 0) is 9.31 Å². The Hall–Kier alpha value is -0.385. The van der Waals surface area contributed by atoms with Gasteiger partial charge in [0.25, 0.3) is 0 Å². The van der Waals surface area contributed by atoms with Crippen LogP contribution in [0.25, 0.3) is 0 Å².